The van der Waals surface area contributed by atoms with E-state index >= 15 is 0 Å². The molecule has 2 amide bonds. The summed E-state index contributed by atoms with van der Waals surface area (Å²) < 4.78 is 26.4. The van der Waals surface area contributed by atoms with E-state index in [9.17, 15) is 18.0 Å². The van der Waals surface area contributed by atoms with Crippen LogP contribution in [0.3, 0.4) is 0 Å². The number of anilines is 1. The molecule has 1 saturated carbocycles. The Balaban J connectivity index is 1.72. The van der Waals surface area contributed by atoms with Crippen molar-refractivity contribution in [3.8, 4) is 0 Å². The molecule has 202 valence electrons. The molecule has 1 aliphatic rings. The van der Waals surface area contributed by atoms with Crippen LogP contribution in [0.25, 0.3) is 0 Å². The van der Waals surface area contributed by atoms with Gasteiger partial charge in [-0.15, -0.1) is 0 Å². The number of aryl methyl sites for hydroxylation is 1. The van der Waals surface area contributed by atoms with Crippen molar-refractivity contribution < 1.29 is 18.0 Å². The molecule has 0 aliphatic heterocycles. The fourth-order valence-electron chi connectivity index (χ4n) is 4.81. The Hall–Kier alpha value is -2.58. The Morgan fingerprint density at radius 2 is 1.78 bits per heavy atom. The van der Waals surface area contributed by atoms with E-state index in [1.807, 2.05) is 31.2 Å². The quantitative estimate of drug-likeness (QED) is 0.426. The monoisotopic (exact) mass is 547 g/mol. The molecule has 0 bridgehead atoms. The van der Waals surface area contributed by atoms with Gasteiger partial charge in [0.1, 0.15) is 6.04 Å². The van der Waals surface area contributed by atoms with Crippen molar-refractivity contribution in [1.29, 1.82) is 0 Å². The van der Waals surface area contributed by atoms with Gasteiger partial charge in [0.15, 0.2) is 0 Å². The summed E-state index contributed by atoms with van der Waals surface area (Å²) in [7, 11) is -3.53. The molecule has 0 aromatic heterocycles. The molecular weight excluding hydrogens is 510 g/mol. The highest BCUT2D eigenvalue weighted by Crippen LogP contribution is 2.23. The van der Waals surface area contributed by atoms with Gasteiger partial charge in [0.05, 0.1) is 11.9 Å². The van der Waals surface area contributed by atoms with E-state index in [1.165, 1.54) is 17.0 Å². The first-order valence-corrected chi connectivity index (χ1v) is 15.2. The minimum atomic E-state index is -3.53. The van der Waals surface area contributed by atoms with Crippen LogP contribution in [0.1, 0.15) is 63.0 Å². The van der Waals surface area contributed by atoms with Gasteiger partial charge in [-0.1, -0.05) is 61.2 Å². The van der Waals surface area contributed by atoms with Gasteiger partial charge in [-0.2, -0.15) is 0 Å². The second-order valence-electron chi connectivity index (χ2n) is 9.90. The third-order valence-electron chi connectivity index (χ3n) is 6.90. The van der Waals surface area contributed by atoms with E-state index in [0.717, 1.165) is 36.8 Å². The predicted octanol–water partition coefficient (Wildman–Crippen LogP) is 5.06. The molecule has 1 N–H and O–H groups in total. The van der Waals surface area contributed by atoms with E-state index in [1.54, 1.807) is 36.1 Å². The van der Waals surface area contributed by atoms with E-state index in [-0.39, 0.29) is 37.4 Å². The average molecular weight is 548 g/mol. The molecule has 1 unspecified atom stereocenters. The number of para-hydroxylation sites is 1. The van der Waals surface area contributed by atoms with Gasteiger partial charge in [0, 0.05) is 30.6 Å². The molecule has 0 radical (unpaired) electrons. The Kier molecular flexibility index (Phi) is 10.4. The van der Waals surface area contributed by atoms with Gasteiger partial charge in [-0.25, -0.2) is 8.42 Å². The molecule has 2 aromatic carbocycles. The minimum Gasteiger partial charge on any atom is -0.352 e. The van der Waals surface area contributed by atoms with Crippen molar-refractivity contribution in [2.75, 3.05) is 17.1 Å². The molecule has 2 aromatic rings. The van der Waals surface area contributed by atoms with Crippen LogP contribution in [0, 0.1) is 6.92 Å². The highest BCUT2D eigenvalue weighted by molar-refractivity contribution is 7.92. The lowest BCUT2D eigenvalue weighted by Gasteiger charge is -2.31. The van der Waals surface area contributed by atoms with Crippen LogP contribution in [-0.4, -0.2) is 50.0 Å². The van der Waals surface area contributed by atoms with Crippen LogP contribution in [0.4, 0.5) is 5.69 Å². The summed E-state index contributed by atoms with van der Waals surface area (Å²) in [5, 5.41) is 3.69. The maximum atomic E-state index is 13.5. The summed E-state index contributed by atoms with van der Waals surface area (Å²) >= 11 is 6.17. The number of amides is 2. The lowest BCUT2D eigenvalue weighted by molar-refractivity contribution is -0.141. The molecule has 9 heteroatoms. The van der Waals surface area contributed by atoms with Crippen molar-refractivity contribution in [3.63, 3.8) is 0 Å². The van der Waals surface area contributed by atoms with Gasteiger partial charge < -0.3 is 10.2 Å². The van der Waals surface area contributed by atoms with E-state index in [0.29, 0.717) is 17.1 Å². The van der Waals surface area contributed by atoms with Gasteiger partial charge in [-0.3, -0.25) is 13.9 Å². The maximum Gasteiger partial charge on any atom is 0.242 e. The highest BCUT2D eigenvalue weighted by Gasteiger charge is 2.28. The van der Waals surface area contributed by atoms with Crippen molar-refractivity contribution in [1.82, 2.24) is 10.2 Å². The molecule has 1 aliphatic carbocycles. The Bertz CT molecular complexity index is 1180. The molecule has 37 heavy (non-hydrogen) atoms. The first-order valence-electron chi connectivity index (χ1n) is 12.9. The average Bonchev–Trinajstić information content (AvgIpc) is 2.85. The predicted molar refractivity (Wildman–Crippen MR) is 149 cm³/mol. The zero-order valence-corrected chi connectivity index (χ0v) is 23.5. The van der Waals surface area contributed by atoms with E-state index < -0.39 is 16.1 Å². The molecule has 0 heterocycles. The van der Waals surface area contributed by atoms with Crippen molar-refractivity contribution in [2.24, 2.45) is 0 Å². The summed E-state index contributed by atoms with van der Waals surface area (Å²) in [6.45, 7) is 4.02. The fraction of sp³-hybridized carbons (Fsp3) is 0.500. The second kappa shape index (κ2) is 13.3. The molecule has 0 spiro atoms. The van der Waals surface area contributed by atoms with Crippen LogP contribution < -0.4 is 9.62 Å². The number of hydrogen-bond donors (Lipinski definition) is 1. The van der Waals surface area contributed by atoms with Crippen LogP contribution in [-0.2, 0) is 26.2 Å². The van der Waals surface area contributed by atoms with Gasteiger partial charge in [0.2, 0.25) is 21.8 Å². The number of carbonyl (C=O) groups is 2. The minimum absolute atomic E-state index is 0.111. The summed E-state index contributed by atoms with van der Waals surface area (Å²) in [6.07, 6.45) is 6.91. The summed E-state index contributed by atoms with van der Waals surface area (Å²) in [6, 6.07) is 14.0. The first kappa shape index (κ1) is 29.0. The number of rotatable bonds is 11. The van der Waals surface area contributed by atoms with Gasteiger partial charge in [0.25, 0.3) is 0 Å². The standard InChI is InChI=1S/C28H38ClN3O4S/c1-21-11-7-8-16-26(21)32(37(3,35)36)18-10-17-27(33)31(20-23-12-9-13-24(29)19-23)22(2)28(34)30-25-14-5-4-6-15-25/h7-9,11-13,16,19,22,25H,4-6,10,14-15,17-18,20H2,1-3H3,(H,30,34). The second-order valence-corrected chi connectivity index (χ2v) is 12.2. The summed E-state index contributed by atoms with van der Waals surface area (Å²) in [4.78, 5) is 28.2. The van der Waals surface area contributed by atoms with E-state index in [2.05, 4.69) is 5.32 Å². The van der Waals surface area contributed by atoms with Crippen LogP contribution in [0.2, 0.25) is 5.02 Å². The number of carbonyl (C=O) groups excluding carboxylic acids is 2. The smallest absolute Gasteiger partial charge is 0.242 e. The third-order valence-corrected chi connectivity index (χ3v) is 8.31. The Labute approximate surface area is 226 Å². The Morgan fingerprint density at radius 3 is 2.43 bits per heavy atom. The first-order chi connectivity index (χ1) is 17.6. The normalized spacial score (nSPS) is 15.1. The van der Waals surface area contributed by atoms with Crippen molar-refractivity contribution in [2.45, 2.75) is 77.4 Å². The number of sulfonamides is 1. The van der Waals surface area contributed by atoms with Crippen LogP contribution in [0.5, 0.6) is 0 Å². The molecule has 3 rings (SSSR count). The summed E-state index contributed by atoms with van der Waals surface area (Å²) in [5.74, 6) is -0.371. The molecular formula is C28H38ClN3O4S. The highest BCUT2D eigenvalue weighted by atomic mass is 35.5. The fourth-order valence-corrected chi connectivity index (χ4v) is 6.04. The van der Waals surface area contributed by atoms with Crippen molar-refractivity contribution in [3.05, 3.63) is 64.7 Å². The zero-order chi connectivity index (χ0) is 27.0. The number of nitrogens with one attached hydrogen (secondary N) is 1. The number of halogens is 1. The van der Waals surface area contributed by atoms with Crippen molar-refractivity contribution >= 4 is 39.1 Å². The Morgan fingerprint density at radius 1 is 1.08 bits per heavy atom. The number of hydrogen-bond acceptors (Lipinski definition) is 4. The van der Waals surface area contributed by atoms with Crippen LogP contribution >= 0.6 is 11.6 Å². The molecule has 7 nitrogen and oxygen atoms in total. The van der Waals surface area contributed by atoms with Crippen LogP contribution in [0.15, 0.2) is 48.5 Å². The van der Waals surface area contributed by atoms with Gasteiger partial charge in [-0.05, 0) is 62.4 Å². The maximum absolute atomic E-state index is 13.5. The third kappa shape index (κ3) is 8.47. The number of benzene rings is 2. The summed E-state index contributed by atoms with van der Waals surface area (Å²) in [5.41, 5.74) is 2.28. The largest absolute Gasteiger partial charge is 0.352 e. The zero-order valence-electron chi connectivity index (χ0n) is 22.0. The SMILES string of the molecule is Cc1ccccc1N(CCCC(=O)N(Cc1cccc(Cl)c1)C(C)C(=O)NC1CCCCC1)S(C)(=O)=O. The number of nitrogens with zero attached hydrogens (tertiary/aromatic N) is 2. The van der Waals surface area contributed by atoms with Gasteiger partial charge >= 0.3 is 0 Å². The lowest BCUT2D eigenvalue weighted by atomic mass is 9.95. The molecule has 1 atom stereocenters. The molecule has 1 fully saturated rings. The lowest BCUT2D eigenvalue weighted by Crippen LogP contribution is -2.50. The van der Waals surface area contributed by atoms with E-state index in [4.69, 9.17) is 11.6 Å². The molecule has 0 saturated heterocycles. The topological polar surface area (TPSA) is 86.8 Å².